The molecule has 1 aromatic heterocycles. The zero-order valence-corrected chi connectivity index (χ0v) is 12.5. The van der Waals surface area contributed by atoms with E-state index in [1.807, 2.05) is 0 Å². The number of aliphatic carboxylic acids is 1. The number of carboxylic acid groups (broad SMARTS) is 1. The molecule has 7 nitrogen and oxygen atoms in total. The summed E-state index contributed by atoms with van der Waals surface area (Å²) >= 11 is 0. The van der Waals surface area contributed by atoms with Gasteiger partial charge < -0.3 is 15.2 Å². The molecule has 2 N–H and O–H groups in total. The minimum atomic E-state index is -1.21. The first-order chi connectivity index (χ1) is 11.0. The van der Waals surface area contributed by atoms with Crippen molar-refractivity contribution in [2.24, 2.45) is 0 Å². The lowest BCUT2D eigenvalue weighted by molar-refractivity contribution is -0.142. The van der Waals surface area contributed by atoms with Crippen molar-refractivity contribution in [1.82, 2.24) is 10.3 Å². The summed E-state index contributed by atoms with van der Waals surface area (Å²) in [5.41, 5.74) is 0.974. The van der Waals surface area contributed by atoms with Crippen molar-refractivity contribution in [3.05, 3.63) is 42.1 Å². The normalized spacial score (nSPS) is 11.7. The van der Waals surface area contributed by atoms with Gasteiger partial charge in [-0.3, -0.25) is 14.6 Å². The Morgan fingerprint density at radius 3 is 2.70 bits per heavy atom. The fraction of sp³-hybridized carbons (Fsp3) is 0.250. The second-order valence-corrected chi connectivity index (χ2v) is 4.85. The van der Waals surface area contributed by atoms with E-state index < -0.39 is 23.9 Å². The number of nitrogens with one attached hydrogen (secondary N) is 1. The molecule has 1 amide bonds. The lowest BCUT2D eigenvalue weighted by Gasteiger charge is -2.14. The van der Waals surface area contributed by atoms with Crippen LogP contribution in [0.15, 0.2) is 36.5 Å². The number of carboxylic acids is 1. The van der Waals surface area contributed by atoms with E-state index in [-0.39, 0.29) is 12.8 Å². The molecule has 2 rings (SSSR count). The maximum Gasteiger partial charge on any atom is 0.326 e. The number of carbonyl (C=O) groups is 3. The van der Waals surface area contributed by atoms with Crippen molar-refractivity contribution >= 4 is 28.7 Å². The Morgan fingerprint density at radius 1 is 1.26 bits per heavy atom. The van der Waals surface area contributed by atoms with Gasteiger partial charge in [0.05, 0.1) is 18.2 Å². The predicted molar refractivity (Wildman–Crippen MR) is 81.9 cm³/mol. The van der Waals surface area contributed by atoms with E-state index in [9.17, 15) is 19.5 Å². The standard InChI is InChI=1S/C16H16N2O5/c1-23-14(19)7-6-13(16(21)22)18-15(20)11-8-9-17-12-5-3-2-4-10(11)12/h2-5,8-9,13H,6-7H2,1H3,(H,18,20)(H,21,22)/t13-/m0/s1. The summed E-state index contributed by atoms with van der Waals surface area (Å²) in [5, 5.41) is 12.2. The Hall–Kier alpha value is -2.96. The molecule has 0 aliphatic carbocycles. The number of hydrogen-bond acceptors (Lipinski definition) is 5. The largest absolute Gasteiger partial charge is 0.480 e. The third-order valence-electron chi connectivity index (χ3n) is 3.36. The van der Waals surface area contributed by atoms with Crippen LogP contribution >= 0.6 is 0 Å². The van der Waals surface area contributed by atoms with Crippen LogP contribution in [0.4, 0.5) is 0 Å². The molecule has 0 saturated carbocycles. The maximum absolute atomic E-state index is 12.4. The fourth-order valence-corrected chi connectivity index (χ4v) is 2.15. The van der Waals surface area contributed by atoms with Crippen molar-refractivity contribution in [2.75, 3.05) is 7.11 Å². The number of hydrogen-bond donors (Lipinski definition) is 2. The topological polar surface area (TPSA) is 106 Å². The molecule has 0 fully saturated rings. The van der Waals surface area contributed by atoms with Crippen LogP contribution in [-0.2, 0) is 14.3 Å². The van der Waals surface area contributed by atoms with Gasteiger partial charge in [0, 0.05) is 18.0 Å². The van der Waals surface area contributed by atoms with Crippen LogP contribution in [0.25, 0.3) is 10.9 Å². The number of pyridine rings is 1. The van der Waals surface area contributed by atoms with Gasteiger partial charge in [0.1, 0.15) is 6.04 Å². The van der Waals surface area contributed by atoms with Gasteiger partial charge in [-0.2, -0.15) is 0 Å². The summed E-state index contributed by atoms with van der Waals surface area (Å²) < 4.78 is 4.47. The first-order valence-corrected chi connectivity index (χ1v) is 6.97. The summed E-state index contributed by atoms with van der Waals surface area (Å²) in [7, 11) is 1.22. The molecule has 1 heterocycles. The smallest absolute Gasteiger partial charge is 0.326 e. The monoisotopic (exact) mass is 316 g/mol. The van der Waals surface area contributed by atoms with Gasteiger partial charge in [-0.1, -0.05) is 18.2 Å². The van der Waals surface area contributed by atoms with Gasteiger partial charge in [0.25, 0.3) is 5.91 Å². The van der Waals surface area contributed by atoms with E-state index >= 15 is 0 Å². The summed E-state index contributed by atoms with van der Waals surface area (Å²) in [4.78, 5) is 38.9. The highest BCUT2D eigenvalue weighted by Gasteiger charge is 2.22. The van der Waals surface area contributed by atoms with Crippen molar-refractivity contribution < 1.29 is 24.2 Å². The van der Waals surface area contributed by atoms with Gasteiger partial charge in [-0.25, -0.2) is 4.79 Å². The average molecular weight is 316 g/mol. The Bertz CT molecular complexity index is 739. The maximum atomic E-state index is 12.4. The number of rotatable bonds is 6. The molecule has 1 atom stereocenters. The van der Waals surface area contributed by atoms with Gasteiger partial charge in [-0.05, 0) is 18.6 Å². The van der Waals surface area contributed by atoms with E-state index in [1.54, 1.807) is 24.3 Å². The third kappa shape index (κ3) is 4.03. The highest BCUT2D eigenvalue weighted by molar-refractivity contribution is 6.06. The van der Waals surface area contributed by atoms with Crippen LogP contribution < -0.4 is 5.32 Å². The van der Waals surface area contributed by atoms with Gasteiger partial charge in [0.2, 0.25) is 0 Å². The summed E-state index contributed by atoms with van der Waals surface area (Å²) in [6, 6.07) is 7.42. The van der Waals surface area contributed by atoms with Crippen molar-refractivity contribution in [1.29, 1.82) is 0 Å². The van der Waals surface area contributed by atoms with E-state index in [4.69, 9.17) is 0 Å². The van der Waals surface area contributed by atoms with Crippen LogP contribution in [0.5, 0.6) is 0 Å². The molecular weight excluding hydrogens is 300 g/mol. The minimum absolute atomic E-state index is 0.0449. The molecule has 7 heteroatoms. The average Bonchev–Trinajstić information content (AvgIpc) is 2.57. The number of amides is 1. The Labute approximate surface area is 132 Å². The minimum Gasteiger partial charge on any atom is -0.480 e. The number of carbonyl (C=O) groups excluding carboxylic acids is 2. The lowest BCUT2D eigenvalue weighted by atomic mass is 10.1. The number of aromatic nitrogens is 1. The fourth-order valence-electron chi connectivity index (χ4n) is 2.15. The molecule has 0 bridgehead atoms. The van der Waals surface area contributed by atoms with Crippen molar-refractivity contribution in [3.8, 4) is 0 Å². The van der Waals surface area contributed by atoms with Crippen LogP contribution in [0.1, 0.15) is 23.2 Å². The molecule has 0 radical (unpaired) electrons. The Balaban J connectivity index is 2.17. The number of nitrogens with zero attached hydrogens (tertiary/aromatic N) is 1. The molecule has 0 aliphatic rings. The molecule has 1 aromatic carbocycles. The molecule has 0 saturated heterocycles. The highest BCUT2D eigenvalue weighted by Crippen LogP contribution is 2.16. The SMILES string of the molecule is COC(=O)CC[C@H](NC(=O)c1ccnc2ccccc12)C(=O)O. The second kappa shape index (κ2) is 7.35. The predicted octanol–water partition coefficient (Wildman–Crippen LogP) is 1.37. The quantitative estimate of drug-likeness (QED) is 0.780. The molecule has 2 aromatic rings. The summed E-state index contributed by atoms with van der Waals surface area (Å²) in [6.45, 7) is 0. The number of fused-ring (bicyclic) bond motifs is 1. The lowest BCUT2D eigenvalue weighted by Crippen LogP contribution is -2.41. The van der Waals surface area contributed by atoms with Crippen molar-refractivity contribution in [3.63, 3.8) is 0 Å². The second-order valence-electron chi connectivity index (χ2n) is 4.85. The molecule has 0 aliphatic heterocycles. The van der Waals surface area contributed by atoms with E-state index in [0.717, 1.165) is 0 Å². The number of benzene rings is 1. The molecule has 0 spiro atoms. The molecule has 120 valence electrons. The van der Waals surface area contributed by atoms with Gasteiger partial charge >= 0.3 is 11.9 Å². The van der Waals surface area contributed by atoms with Crippen molar-refractivity contribution in [2.45, 2.75) is 18.9 Å². The number of methoxy groups -OCH3 is 1. The Morgan fingerprint density at radius 2 is 2.00 bits per heavy atom. The van der Waals surface area contributed by atoms with E-state index in [2.05, 4.69) is 15.0 Å². The summed E-state index contributed by atoms with van der Waals surface area (Å²) in [5.74, 6) is -2.26. The molecular formula is C16H16N2O5. The highest BCUT2D eigenvalue weighted by atomic mass is 16.5. The van der Waals surface area contributed by atoms with Crippen LogP contribution in [0.2, 0.25) is 0 Å². The third-order valence-corrected chi connectivity index (χ3v) is 3.36. The number of ether oxygens (including phenoxy) is 1. The molecule has 23 heavy (non-hydrogen) atoms. The van der Waals surface area contributed by atoms with Crippen LogP contribution in [0.3, 0.4) is 0 Å². The zero-order valence-electron chi connectivity index (χ0n) is 12.5. The Kier molecular flexibility index (Phi) is 5.24. The van der Waals surface area contributed by atoms with Crippen LogP contribution in [0, 0.1) is 0 Å². The van der Waals surface area contributed by atoms with E-state index in [0.29, 0.717) is 16.5 Å². The van der Waals surface area contributed by atoms with Crippen LogP contribution in [-0.4, -0.2) is 41.1 Å². The number of para-hydroxylation sites is 1. The first-order valence-electron chi connectivity index (χ1n) is 6.97. The number of esters is 1. The molecule has 0 unspecified atom stereocenters. The van der Waals surface area contributed by atoms with Gasteiger partial charge in [0.15, 0.2) is 0 Å². The van der Waals surface area contributed by atoms with E-state index in [1.165, 1.54) is 19.4 Å². The zero-order chi connectivity index (χ0) is 16.8. The first kappa shape index (κ1) is 16.4. The van der Waals surface area contributed by atoms with Gasteiger partial charge in [-0.15, -0.1) is 0 Å². The summed E-state index contributed by atoms with van der Waals surface area (Å²) in [6.07, 6.45) is 1.35.